The summed E-state index contributed by atoms with van der Waals surface area (Å²) in [6.07, 6.45) is 3.14. The van der Waals surface area contributed by atoms with Crippen LogP contribution < -0.4 is 10.1 Å². The minimum Gasteiger partial charge on any atom is -0.482 e. The molecule has 0 fully saturated rings. The maximum atomic E-state index is 12.0. The van der Waals surface area contributed by atoms with Crippen LogP contribution in [-0.2, 0) is 4.79 Å². The van der Waals surface area contributed by atoms with E-state index in [0.29, 0.717) is 23.3 Å². The van der Waals surface area contributed by atoms with E-state index in [1.807, 2.05) is 0 Å². The molecule has 0 radical (unpaired) electrons. The van der Waals surface area contributed by atoms with Gasteiger partial charge in [-0.25, -0.2) is 4.79 Å². The molecule has 5 heteroatoms. The number of carbonyl (C=O) groups is 2. The third kappa shape index (κ3) is 7.67. The van der Waals surface area contributed by atoms with E-state index < -0.39 is 12.6 Å². The fourth-order valence-electron chi connectivity index (χ4n) is 1.96. The standard InChI is InChI=1S/C17H25NO4/c1-17(2,3)9-4-5-10-18-16(21)13-7-6-8-14(11-13)22-12-15(19)20/h6-8,11H,4-5,9-10,12H2,1-3H3,(H,18,21)(H,19,20). The minimum absolute atomic E-state index is 0.170. The van der Waals surface area contributed by atoms with E-state index in [4.69, 9.17) is 9.84 Å². The number of unbranched alkanes of at least 4 members (excludes halogenated alkanes) is 1. The number of benzene rings is 1. The van der Waals surface area contributed by atoms with Crippen molar-refractivity contribution in [1.82, 2.24) is 5.32 Å². The lowest BCUT2D eigenvalue weighted by Crippen LogP contribution is -2.24. The van der Waals surface area contributed by atoms with Gasteiger partial charge < -0.3 is 15.2 Å². The number of hydrogen-bond acceptors (Lipinski definition) is 3. The molecule has 0 saturated heterocycles. The molecule has 2 N–H and O–H groups in total. The molecule has 0 aliphatic carbocycles. The molecule has 0 spiro atoms. The van der Waals surface area contributed by atoms with Gasteiger partial charge in [0.25, 0.3) is 5.91 Å². The number of ether oxygens (including phenoxy) is 1. The zero-order chi connectivity index (χ0) is 16.6. The van der Waals surface area contributed by atoms with Gasteiger partial charge in [0.05, 0.1) is 0 Å². The normalized spacial score (nSPS) is 11.0. The first-order valence-electron chi connectivity index (χ1n) is 7.51. The molecule has 1 amide bonds. The average Bonchev–Trinajstić information content (AvgIpc) is 2.43. The SMILES string of the molecule is CC(C)(C)CCCCNC(=O)c1cccc(OCC(=O)O)c1. The predicted molar refractivity (Wildman–Crippen MR) is 85.2 cm³/mol. The molecule has 122 valence electrons. The summed E-state index contributed by atoms with van der Waals surface area (Å²) in [6, 6.07) is 6.53. The Morgan fingerprint density at radius 2 is 1.95 bits per heavy atom. The van der Waals surface area contributed by atoms with Crippen molar-refractivity contribution in [2.24, 2.45) is 5.41 Å². The second-order valence-electron chi connectivity index (χ2n) is 6.48. The zero-order valence-electron chi connectivity index (χ0n) is 13.5. The summed E-state index contributed by atoms with van der Waals surface area (Å²) in [7, 11) is 0. The first-order chi connectivity index (χ1) is 10.3. The highest BCUT2D eigenvalue weighted by Crippen LogP contribution is 2.21. The smallest absolute Gasteiger partial charge is 0.341 e. The first kappa shape index (κ1) is 18.0. The second kappa shape index (κ2) is 8.41. The molecule has 1 aromatic rings. The van der Waals surface area contributed by atoms with E-state index in [-0.39, 0.29) is 5.91 Å². The lowest BCUT2D eigenvalue weighted by atomic mass is 9.90. The van der Waals surface area contributed by atoms with Crippen LogP contribution in [0.2, 0.25) is 0 Å². The van der Waals surface area contributed by atoms with Gasteiger partial charge >= 0.3 is 5.97 Å². The number of carboxylic acids is 1. The molecule has 0 saturated carbocycles. The van der Waals surface area contributed by atoms with Crippen molar-refractivity contribution in [2.45, 2.75) is 40.0 Å². The maximum absolute atomic E-state index is 12.0. The molecule has 0 aromatic heterocycles. The third-order valence-corrected chi connectivity index (χ3v) is 3.10. The molecular formula is C17H25NO4. The molecule has 1 rings (SSSR count). The van der Waals surface area contributed by atoms with E-state index in [1.165, 1.54) is 0 Å². The highest BCUT2D eigenvalue weighted by molar-refractivity contribution is 5.94. The summed E-state index contributed by atoms with van der Waals surface area (Å²) in [6.45, 7) is 6.82. The molecular weight excluding hydrogens is 282 g/mol. The van der Waals surface area contributed by atoms with Gasteiger partial charge in [-0.05, 0) is 36.5 Å². The molecule has 22 heavy (non-hydrogen) atoms. The number of carboxylic acid groups (broad SMARTS) is 1. The Morgan fingerprint density at radius 3 is 2.59 bits per heavy atom. The fraction of sp³-hybridized carbons (Fsp3) is 0.529. The third-order valence-electron chi connectivity index (χ3n) is 3.10. The number of amides is 1. The number of rotatable bonds is 8. The van der Waals surface area contributed by atoms with E-state index in [0.717, 1.165) is 19.3 Å². The van der Waals surface area contributed by atoms with Gasteiger partial charge in [0.1, 0.15) is 5.75 Å². The van der Waals surface area contributed by atoms with Crippen LogP contribution in [0.1, 0.15) is 50.4 Å². The van der Waals surface area contributed by atoms with Crippen molar-refractivity contribution in [3.05, 3.63) is 29.8 Å². The Labute approximate surface area is 131 Å². The van der Waals surface area contributed by atoms with Crippen molar-refractivity contribution in [1.29, 1.82) is 0 Å². The minimum atomic E-state index is -1.05. The van der Waals surface area contributed by atoms with E-state index in [9.17, 15) is 9.59 Å². The highest BCUT2D eigenvalue weighted by Gasteiger charge is 2.10. The molecule has 0 bridgehead atoms. The Bertz CT molecular complexity index is 506. The van der Waals surface area contributed by atoms with Gasteiger partial charge in [0.15, 0.2) is 6.61 Å². The summed E-state index contributed by atoms with van der Waals surface area (Å²) in [5.41, 5.74) is 0.790. The van der Waals surface area contributed by atoms with Gasteiger partial charge in [-0.15, -0.1) is 0 Å². The summed E-state index contributed by atoms with van der Waals surface area (Å²) in [4.78, 5) is 22.5. The van der Waals surface area contributed by atoms with Crippen molar-refractivity contribution in [2.75, 3.05) is 13.2 Å². The maximum Gasteiger partial charge on any atom is 0.341 e. The molecule has 1 aromatic carbocycles. The van der Waals surface area contributed by atoms with Crippen molar-refractivity contribution in [3.63, 3.8) is 0 Å². The topological polar surface area (TPSA) is 75.6 Å². The lowest BCUT2D eigenvalue weighted by Gasteiger charge is -2.17. The van der Waals surface area contributed by atoms with Gasteiger partial charge in [-0.2, -0.15) is 0 Å². The first-order valence-corrected chi connectivity index (χ1v) is 7.51. The quantitative estimate of drug-likeness (QED) is 0.724. The van der Waals surface area contributed by atoms with Crippen LogP contribution in [0.3, 0.4) is 0 Å². The molecule has 0 atom stereocenters. The van der Waals surface area contributed by atoms with Crippen molar-refractivity contribution < 1.29 is 19.4 Å². The van der Waals surface area contributed by atoms with Gasteiger partial charge in [0.2, 0.25) is 0 Å². The van der Waals surface area contributed by atoms with Crippen LogP contribution in [-0.4, -0.2) is 30.1 Å². The summed E-state index contributed by atoms with van der Waals surface area (Å²) < 4.78 is 5.06. The Balaban J connectivity index is 2.39. The van der Waals surface area contributed by atoms with Crippen molar-refractivity contribution >= 4 is 11.9 Å². The number of hydrogen-bond donors (Lipinski definition) is 2. The predicted octanol–water partition coefficient (Wildman–Crippen LogP) is 3.10. The molecule has 5 nitrogen and oxygen atoms in total. The highest BCUT2D eigenvalue weighted by atomic mass is 16.5. The number of aliphatic carboxylic acids is 1. The molecule has 0 heterocycles. The zero-order valence-corrected chi connectivity index (χ0v) is 13.5. The molecule has 0 aliphatic heterocycles. The second-order valence-corrected chi connectivity index (χ2v) is 6.48. The van der Waals surface area contributed by atoms with Gasteiger partial charge in [0, 0.05) is 12.1 Å². The summed E-state index contributed by atoms with van der Waals surface area (Å²) >= 11 is 0. The summed E-state index contributed by atoms with van der Waals surface area (Å²) in [5.74, 6) is -0.840. The van der Waals surface area contributed by atoms with Crippen LogP contribution in [0.4, 0.5) is 0 Å². The Hall–Kier alpha value is -2.04. The van der Waals surface area contributed by atoms with Crippen LogP contribution in [0.5, 0.6) is 5.75 Å². The monoisotopic (exact) mass is 307 g/mol. The Morgan fingerprint density at radius 1 is 1.23 bits per heavy atom. The molecule has 0 aliphatic rings. The van der Waals surface area contributed by atoms with Gasteiger partial charge in [-0.1, -0.05) is 33.3 Å². The number of carbonyl (C=O) groups excluding carboxylic acids is 1. The van der Waals surface area contributed by atoms with Crippen LogP contribution in [0, 0.1) is 5.41 Å². The van der Waals surface area contributed by atoms with Crippen LogP contribution in [0.25, 0.3) is 0 Å². The van der Waals surface area contributed by atoms with E-state index >= 15 is 0 Å². The van der Waals surface area contributed by atoms with Crippen LogP contribution in [0.15, 0.2) is 24.3 Å². The van der Waals surface area contributed by atoms with E-state index in [1.54, 1.807) is 24.3 Å². The molecule has 0 unspecified atom stereocenters. The Kier molecular flexibility index (Phi) is 6.89. The van der Waals surface area contributed by atoms with E-state index in [2.05, 4.69) is 26.1 Å². The van der Waals surface area contributed by atoms with Crippen LogP contribution >= 0.6 is 0 Å². The lowest BCUT2D eigenvalue weighted by molar-refractivity contribution is -0.139. The fourth-order valence-corrected chi connectivity index (χ4v) is 1.96. The van der Waals surface area contributed by atoms with Gasteiger partial charge in [-0.3, -0.25) is 4.79 Å². The number of nitrogens with one attached hydrogen (secondary N) is 1. The summed E-state index contributed by atoms with van der Waals surface area (Å²) in [5, 5.41) is 11.4. The average molecular weight is 307 g/mol. The largest absolute Gasteiger partial charge is 0.482 e. The van der Waals surface area contributed by atoms with Crippen molar-refractivity contribution in [3.8, 4) is 5.75 Å².